The molecule has 2 aromatic rings. The third-order valence-corrected chi connectivity index (χ3v) is 4.69. The van der Waals surface area contributed by atoms with Crippen LogP contribution in [0.3, 0.4) is 0 Å². The van der Waals surface area contributed by atoms with E-state index < -0.39 is 41.4 Å². The highest BCUT2D eigenvalue weighted by atomic mass is 79.9. The van der Waals surface area contributed by atoms with Crippen LogP contribution in [0.15, 0.2) is 28.7 Å². The van der Waals surface area contributed by atoms with Crippen LogP contribution in [0, 0.1) is 17.5 Å². The molecule has 174 valence electrons. The van der Waals surface area contributed by atoms with Gasteiger partial charge < -0.3 is 20.1 Å². The molecule has 32 heavy (non-hydrogen) atoms. The average Bonchev–Trinajstić information content (AvgIpc) is 2.67. The molecule has 2 N–H and O–H groups in total. The Labute approximate surface area is 192 Å². The number of methoxy groups -OCH3 is 1. The zero-order valence-electron chi connectivity index (χ0n) is 18.1. The minimum atomic E-state index is -0.922. The molecule has 0 aliphatic rings. The summed E-state index contributed by atoms with van der Waals surface area (Å²) >= 11 is 2.87. The summed E-state index contributed by atoms with van der Waals surface area (Å²) in [6.45, 7) is 5.37. The highest BCUT2D eigenvalue weighted by Crippen LogP contribution is 2.30. The van der Waals surface area contributed by atoms with Gasteiger partial charge in [-0.1, -0.05) is 0 Å². The van der Waals surface area contributed by atoms with Crippen molar-refractivity contribution in [1.29, 1.82) is 0 Å². The number of carbonyl (C=O) groups excluding carboxylic acids is 2. The summed E-state index contributed by atoms with van der Waals surface area (Å²) in [5.74, 6) is -3.98. The van der Waals surface area contributed by atoms with Gasteiger partial charge in [-0.05, 0) is 61.0 Å². The van der Waals surface area contributed by atoms with Crippen molar-refractivity contribution in [1.82, 2.24) is 0 Å². The Hall–Kier alpha value is -2.59. The molecule has 0 aromatic heterocycles. The van der Waals surface area contributed by atoms with E-state index in [4.69, 9.17) is 9.47 Å². The van der Waals surface area contributed by atoms with Crippen LogP contribution in [0.2, 0.25) is 0 Å². The van der Waals surface area contributed by atoms with Crippen LogP contribution >= 0.6 is 15.9 Å². The second kappa shape index (κ2) is 10.8. The van der Waals surface area contributed by atoms with Crippen molar-refractivity contribution in [3.05, 3.63) is 57.3 Å². The first-order valence-electron chi connectivity index (χ1n) is 9.65. The van der Waals surface area contributed by atoms with Gasteiger partial charge in [0.05, 0.1) is 34.4 Å². The van der Waals surface area contributed by atoms with Gasteiger partial charge >= 0.3 is 5.97 Å². The number of rotatable bonds is 8. The fourth-order valence-electron chi connectivity index (χ4n) is 2.69. The maximum absolute atomic E-state index is 15.2. The number of ether oxygens (including phenoxy) is 2. The lowest BCUT2D eigenvalue weighted by Gasteiger charge is -2.21. The van der Waals surface area contributed by atoms with Gasteiger partial charge in [-0.2, -0.15) is 0 Å². The van der Waals surface area contributed by atoms with E-state index in [0.29, 0.717) is 0 Å². The molecule has 2 aromatic carbocycles. The molecule has 6 nitrogen and oxygen atoms in total. The molecule has 0 radical (unpaired) electrons. The normalized spacial score (nSPS) is 11.2. The number of halogens is 4. The average molecular weight is 517 g/mol. The molecule has 0 unspecified atom stereocenters. The molecule has 0 bridgehead atoms. The lowest BCUT2D eigenvalue weighted by molar-refractivity contribution is -0.115. The molecule has 0 aliphatic carbocycles. The van der Waals surface area contributed by atoms with E-state index in [1.165, 1.54) is 19.2 Å². The number of esters is 1. The number of carbonyl (C=O) groups is 2. The smallest absolute Gasteiger partial charge is 0.341 e. The van der Waals surface area contributed by atoms with Crippen molar-refractivity contribution < 1.29 is 32.2 Å². The Morgan fingerprint density at radius 1 is 1.09 bits per heavy atom. The van der Waals surface area contributed by atoms with E-state index in [9.17, 15) is 18.4 Å². The number of benzene rings is 2. The molecule has 0 fully saturated rings. The van der Waals surface area contributed by atoms with Crippen molar-refractivity contribution in [2.45, 2.75) is 32.8 Å². The molecular weight excluding hydrogens is 493 g/mol. The van der Waals surface area contributed by atoms with Crippen LogP contribution < -0.4 is 10.6 Å². The Balaban J connectivity index is 2.31. The van der Waals surface area contributed by atoms with Gasteiger partial charge in [0.25, 0.3) is 0 Å². The zero-order chi connectivity index (χ0) is 24.1. The summed E-state index contributed by atoms with van der Waals surface area (Å²) < 4.78 is 53.0. The highest BCUT2D eigenvalue weighted by Gasteiger charge is 2.24. The van der Waals surface area contributed by atoms with Crippen LogP contribution in [0.5, 0.6) is 0 Å². The lowest BCUT2D eigenvalue weighted by atomic mass is 10.1. The molecule has 10 heteroatoms. The maximum Gasteiger partial charge on any atom is 0.341 e. The first-order valence-corrected chi connectivity index (χ1v) is 10.4. The van der Waals surface area contributed by atoms with Gasteiger partial charge in [0.15, 0.2) is 5.82 Å². The molecule has 0 aliphatic heterocycles. The molecule has 0 saturated heterocycles. The SMILES string of the molecule is COCCNc1c(NC(=O)Cc2cc(F)c(Br)cc2F)ccc(C(=O)OC(C)(C)C)c1F. The van der Waals surface area contributed by atoms with Gasteiger partial charge in [-0.25, -0.2) is 18.0 Å². The minimum absolute atomic E-state index is 0.0221. The Bertz CT molecular complexity index is 1010. The number of amides is 1. The molecule has 1 amide bonds. The second-order valence-corrected chi connectivity index (χ2v) is 8.71. The van der Waals surface area contributed by atoms with Gasteiger partial charge in [0.2, 0.25) is 5.91 Å². The summed E-state index contributed by atoms with van der Waals surface area (Å²) in [6.07, 6.45) is -0.483. The monoisotopic (exact) mass is 516 g/mol. The molecular formula is C22H24BrF3N2O4. The molecule has 2 rings (SSSR count). The first kappa shape index (κ1) is 25.7. The van der Waals surface area contributed by atoms with Crippen LogP contribution in [-0.2, 0) is 20.7 Å². The topological polar surface area (TPSA) is 76.7 Å². The molecule has 0 heterocycles. The maximum atomic E-state index is 15.2. The number of hydrogen-bond donors (Lipinski definition) is 2. The van der Waals surface area contributed by atoms with Gasteiger partial charge in [-0.3, -0.25) is 4.79 Å². The summed E-state index contributed by atoms with van der Waals surface area (Å²) in [4.78, 5) is 24.8. The Morgan fingerprint density at radius 3 is 2.41 bits per heavy atom. The molecule has 0 spiro atoms. The zero-order valence-corrected chi connectivity index (χ0v) is 19.7. The van der Waals surface area contributed by atoms with E-state index in [2.05, 4.69) is 26.6 Å². The van der Waals surface area contributed by atoms with Crippen molar-refractivity contribution in [2.75, 3.05) is 30.9 Å². The van der Waals surface area contributed by atoms with Crippen molar-refractivity contribution >= 4 is 39.2 Å². The summed E-state index contributed by atoms with van der Waals surface area (Å²) in [5.41, 5.74) is -1.44. The largest absolute Gasteiger partial charge is 0.456 e. The number of hydrogen-bond acceptors (Lipinski definition) is 5. The third kappa shape index (κ3) is 6.96. The summed E-state index contributed by atoms with van der Waals surface area (Å²) in [6, 6.07) is 4.34. The predicted molar refractivity (Wildman–Crippen MR) is 118 cm³/mol. The summed E-state index contributed by atoms with van der Waals surface area (Å²) in [7, 11) is 1.46. The number of anilines is 2. The van der Waals surface area contributed by atoms with E-state index >= 15 is 4.39 Å². The third-order valence-electron chi connectivity index (χ3n) is 4.08. The predicted octanol–water partition coefficient (Wildman–Crippen LogP) is 5.06. The Morgan fingerprint density at radius 2 is 1.78 bits per heavy atom. The van der Waals surface area contributed by atoms with E-state index in [0.717, 1.165) is 12.1 Å². The van der Waals surface area contributed by atoms with Crippen LogP contribution in [0.25, 0.3) is 0 Å². The summed E-state index contributed by atoms with van der Waals surface area (Å²) in [5, 5.41) is 5.24. The standard InChI is InChI=1S/C22H24BrF3N2O4/c1-22(2,3)32-21(30)13-5-6-17(20(19(13)26)27-7-8-31-4)28-18(29)10-12-9-16(25)14(23)11-15(12)24/h5-6,9,11,27H,7-8,10H2,1-4H3,(H,28,29). The van der Waals surface area contributed by atoms with E-state index in [1.54, 1.807) is 20.8 Å². The quantitative estimate of drug-likeness (QED) is 0.291. The van der Waals surface area contributed by atoms with Crippen molar-refractivity contribution in [3.8, 4) is 0 Å². The van der Waals surface area contributed by atoms with Crippen LogP contribution in [-0.4, -0.2) is 37.7 Å². The minimum Gasteiger partial charge on any atom is -0.456 e. The van der Waals surface area contributed by atoms with Gasteiger partial charge in [0.1, 0.15) is 17.2 Å². The highest BCUT2D eigenvalue weighted by molar-refractivity contribution is 9.10. The fraction of sp³-hybridized carbons (Fsp3) is 0.364. The molecule has 0 atom stereocenters. The second-order valence-electron chi connectivity index (χ2n) is 7.85. The van der Waals surface area contributed by atoms with Crippen LogP contribution in [0.1, 0.15) is 36.7 Å². The lowest BCUT2D eigenvalue weighted by Crippen LogP contribution is -2.25. The van der Waals surface area contributed by atoms with Crippen molar-refractivity contribution in [3.63, 3.8) is 0 Å². The van der Waals surface area contributed by atoms with E-state index in [-0.39, 0.29) is 40.1 Å². The van der Waals surface area contributed by atoms with E-state index in [1.807, 2.05) is 0 Å². The van der Waals surface area contributed by atoms with Gasteiger partial charge in [0, 0.05) is 19.2 Å². The van der Waals surface area contributed by atoms with Gasteiger partial charge in [-0.15, -0.1) is 0 Å². The fourth-order valence-corrected chi connectivity index (χ4v) is 3.00. The number of nitrogens with one attached hydrogen (secondary N) is 2. The Kier molecular flexibility index (Phi) is 8.68. The van der Waals surface area contributed by atoms with Crippen LogP contribution in [0.4, 0.5) is 24.5 Å². The van der Waals surface area contributed by atoms with Crippen molar-refractivity contribution in [2.24, 2.45) is 0 Å². The molecule has 0 saturated carbocycles. The first-order chi connectivity index (χ1) is 14.9.